The molecular formula is C28H21BF10. The van der Waals surface area contributed by atoms with Gasteiger partial charge < -0.3 is 0 Å². The topological polar surface area (TPSA) is 0 Å². The molecule has 2 aliphatic carbocycles. The van der Waals surface area contributed by atoms with Crippen molar-refractivity contribution in [2.45, 2.75) is 45.3 Å². The Hall–Kier alpha value is -2.98. The molecule has 5 rings (SSSR count). The number of halogens is 10. The van der Waals surface area contributed by atoms with Gasteiger partial charge in [-0.2, -0.15) is 0 Å². The van der Waals surface area contributed by atoms with Crippen LogP contribution in [0.1, 0.15) is 45.1 Å². The first-order valence-electron chi connectivity index (χ1n) is 12.3. The molecule has 39 heavy (non-hydrogen) atoms. The summed E-state index contributed by atoms with van der Waals surface area (Å²) in [5.74, 6) is -26.9. The van der Waals surface area contributed by atoms with Crippen molar-refractivity contribution >= 4 is 17.6 Å². The molecule has 2 aliphatic rings. The summed E-state index contributed by atoms with van der Waals surface area (Å²) < 4.78 is 147. The van der Waals surface area contributed by atoms with E-state index in [1.165, 1.54) is 0 Å². The average molecular weight is 558 g/mol. The molecule has 206 valence electrons. The van der Waals surface area contributed by atoms with Gasteiger partial charge in [-0.3, -0.25) is 0 Å². The van der Waals surface area contributed by atoms with E-state index >= 15 is 17.6 Å². The molecule has 2 bridgehead atoms. The molecule has 0 spiro atoms. The molecule has 0 unspecified atom stereocenters. The van der Waals surface area contributed by atoms with E-state index in [4.69, 9.17) is 0 Å². The maximum Gasteiger partial charge on any atom is 0.229 e. The molecule has 2 saturated carbocycles. The molecule has 3 aromatic carbocycles. The summed E-state index contributed by atoms with van der Waals surface area (Å²) in [6.07, 6.45) is 0.875. The summed E-state index contributed by atoms with van der Waals surface area (Å²) in [5.41, 5.74) is -4.17. The Morgan fingerprint density at radius 1 is 0.590 bits per heavy atom. The SMILES string of the molecule is CC1(C)[C@@H]2CC[C@@]1(C)[C@@H](c1ccccc1)[C@@H]2B(c1c(F)c(F)c(F)c(F)c1F)c1c(F)c(F)c(F)c(F)c1F. The number of benzene rings is 3. The third kappa shape index (κ3) is 3.53. The van der Waals surface area contributed by atoms with Crippen molar-refractivity contribution in [3.63, 3.8) is 0 Å². The van der Waals surface area contributed by atoms with Gasteiger partial charge in [0.2, 0.25) is 6.71 Å². The van der Waals surface area contributed by atoms with E-state index < -0.39 is 104 Å². The highest BCUT2D eigenvalue weighted by molar-refractivity contribution is 6.86. The van der Waals surface area contributed by atoms with Gasteiger partial charge in [0.25, 0.3) is 0 Å². The van der Waals surface area contributed by atoms with Gasteiger partial charge in [0.15, 0.2) is 58.2 Å². The van der Waals surface area contributed by atoms with Crippen molar-refractivity contribution < 1.29 is 43.9 Å². The molecule has 2 fully saturated rings. The summed E-state index contributed by atoms with van der Waals surface area (Å²) in [6.45, 7) is 3.07. The molecule has 0 radical (unpaired) electrons. The third-order valence-corrected chi connectivity index (χ3v) is 9.56. The van der Waals surface area contributed by atoms with Crippen LogP contribution in [0.5, 0.6) is 0 Å². The number of fused-ring (bicyclic) bond motifs is 2. The lowest BCUT2D eigenvalue weighted by Gasteiger charge is -2.42. The number of hydrogen-bond donors (Lipinski definition) is 0. The fourth-order valence-corrected chi connectivity index (χ4v) is 7.44. The highest BCUT2D eigenvalue weighted by Crippen LogP contribution is 2.75. The van der Waals surface area contributed by atoms with E-state index in [1.807, 2.05) is 20.8 Å². The van der Waals surface area contributed by atoms with Gasteiger partial charge in [-0.1, -0.05) is 51.1 Å². The van der Waals surface area contributed by atoms with E-state index in [2.05, 4.69) is 0 Å². The van der Waals surface area contributed by atoms with Gasteiger partial charge in [-0.05, 0) is 46.9 Å². The first-order chi connectivity index (χ1) is 18.2. The summed E-state index contributed by atoms with van der Waals surface area (Å²) in [7, 11) is 0. The predicted molar refractivity (Wildman–Crippen MR) is 125 cm³/mol. The molecule has 0 aromatic heterocycles. The first kappa shape index (κ1) is 27.6. The van der Waals surface area contributed by atoms with E-state index in [1.54, 1.807) is 30.3 Å². The minimum absolute atomic E-state index is 0.332. The van der Waals surface area contributed by atoms with Crippen LogP contribution < -0.4 is 10.9 Å². The average Bonchev–Trinajstić information content (AvgIpc) is 3.25. The Morgan fingerprint density at radius 3 is 1.38 bits per heavy atom. The maximum absolute atomic E-state index is 15.4. The Kier molecular flexibility index (Phi) is 6.38. The standard InChI is InChI=1S/C28H21BF10/c1-27(2)12-9-10-28(27,3)13(11-7-5-4-6-8-11)14(12)29(15-17(30)21(34)25(38)22(35)18(15)31)16-19(32)23(36)26(39)24(37)20(16)33/h4-8,12-14H,9-10H2,1-3H3/t12-,13+,14-,28+/m1/s1. The van der Waals surface area contributed by atoms with Crippen molar-refractivity contribution in [1.82, 2.24) is 0 Å². The molecular weight excluding hydrogens is 537 g/mol. The molecule has 0 N–H and O–H groups in total. The first-order valence-corrected chi connectivity index (χ1v) is 12.3. The quantitative estimate of drug-likeness (QED) is 0.137. The molecule has 11 heteroatoms. The summed E-state index contributed by atoms with van der Waals surface area (Å²) in [5, 5.41) is 0. The molecule has 0 aliphatic heterocycles. The summed E-state index contributed by atoms with van der Waals surface area (Å²) in [4.78, 5) is 0. The molecule has 4 atom stereocenters. The second kappa shape index (κ2) is 9.03. The molecule has 0 nitrogen and oxygen atoms in total. The molecule has 0 saturated heterocycles. The lowest BCUT2D eigenvalue weighted by Crippen LogP contribution is -2.56. The summed E-state index contributed by atoms with van der Waals surface area (Å²) in [6, 6.07) is 8.24. The Bertz CT molecular complexity index is 1360. The molecule has 0 heterocycles. The highest BCUT2D eigenvalue weighted by atomic mass is 19.2. The normalized spacial score (nSPS) is 25.4. The lowest BCUT2D eigenvalue weighted by molar-refractivity contribution is 0.134. The van der Waals surface area contributed by atoms with Gasteiger partial charge in [0, 0.05) is 10.9 Å². The minimum atomic E-state index is -2.51. The zero-order valence-electron chi connectivity index (χ0n) is 20.9. The van der Waals surface area contributed by atoms with Crippen LogP contribution in [-0.4, -0.2) is 6.71 Å². The van der Waals surface area contributed by atoms with Gasteiger partial charge in [-0.15, -0.1) is 0 Å². The zero-order valence-corrected chi connectivity index (χ0v) is 20.9. The van der Waals surface area contributed by atoms with Crippen molar-refractivity contribution in [2.24, 2.45) is 16.7 Å². The predicted octanol–water partition coefficient (Wildman–Crippen LogP) is 7.30. The van der Waals surface area contributed by atoms with Crippen LogP contribution >= 0.6 is 0 Å². The number of hydrogen-bond acceptors (Lipinski definition) is 0. The van der Waals surface area contributed by atoms with Gasteiger partial charge in [0.1, 0.15) is 0 Å². The fraction of sp³-hybridized carbons (Fsp3) is 0.357. The van der Waals surface area contributed by atoms with E-state index in [-0.39, 0.29) is 0 Å². The minimum Gasteiger partial charge on any atom is -0.204 e. The second-order valence-corrected chi connectivity index (χ2v) is 11.2. The van der Waals surface area contributed by atoms with Crippen molar-refractivity contribution in [2.75, 3.05) is 0 Å². The second-order valence-electron chi connectivity index (χ2n) is 11.2. The lowest BCUT2D eigenvalue weighted by atomic mass is 9.28. The smallest absolute Gasteiger partial charge is 0.204 e. The van der Waals surface area contributed by atoms with Crippen LogP contribution in [-0.2, 0) is 0 Å². The van der Waals surface area contributed by atoms with Crippen LogP contribution in [0.3, 0.4) is 0 Å². The Labute approximate surface area is 218 Å². The van der Waals surface area contributed by atoms with E-state index in [0.29, 0.717) is 18.4 Å². The van der Waals surface area contributed by atoms with E-state index in [0.717, 1.165) is 0 Å². The van der Waals surface area contributed by atoms with Crippen LogP contribution in [0, 0.1) is 74.9 Å². The summed E-state index contributed by atoms with van der Waals surface area (Å²) >= 11 is 0. The van der Waals surface area contributed by atoms with Crippen LogP contribution in [0.4, 0.5) is 43.9 Å². The molecule has 3 aromatic rings. The van der Waals surface area contributed by atoms with Crippen molar-refractivity contribution in [3.05, 3.63) is 94.1 Å². The van der Waals surface area contributed by atoms with Crippen LogP contribution in [0.15, 0.2) is 30.3 Å². The van der Waals surface area contributed by atoms with Crippen LogP contribution in [0.25, 0.3) is 0 Å². The monoisotopic (exact) mass is 558 g/mol. The van der Waals surface area contributed by atoms with Crippen molar-refractivity contribution in [3.8, 4) is 0 Å². The fourth-order valence-electron chi connectivity index (χ4n) is 7.44. The third-order valence-electron chi connectivity index (χ3n) is 9.56. The maximum atomic E-state index is 15.4. The van der Waals surface area contributed by atoms with Gasteiger partial charge in [-0.25, -0.2) is 43.9 Å². The van der Waals surface area contributed by atoms with E-state index in [9.17, 15) is 26.3 Å². The largest absolute Gasteiger partial charge is 0.229 e. The van der Waals surface area contributed by atoms with Crippen molar-refractivity contribution in [1.29, 1.82) is 0 Å². The highest BCUT2D eigenvalue weighted by Gasteiger charge is 2.69. The van der Waals surface area contributed by atoms with Gasteiger partial charge in [0.05, 0.1) is 0 Å². The number of rotatable bonds is 4. The Balaban J connectivity index is 1.93. The molecule has 0 amide bonds. The zero-order chi connectivity index (χ0) is 28.8. The van der Waals surface area contributed by atoms with Gasteiger partial charge >= 0.3 is 0 Å². The van der Waals surface area contributed by atoms with Crippen LogP contribution in [0.2, 0.25) is 5.82 Å². The Morgan fingerprint density at radius 2 is 0.974 bits per heavy atom.